The number of fused-ring (bicyclic) bond motifs is 1. The number of hydrogen-bond acceptors (Lipinski definition) is 4. The molecule has 0 aromatic rings. The van der Waals surface area contributed by atoms with E-state index in [1.165, 1.54) is 19.1 Å². The van der Waals surface area contributed by atoms with Crippen LogP contribution in [-0.2, 0) is 9.59 Å². The fourth-order valence-electron chi connectivity index (χ4n) is 2.12. The summed E-state index contributed by atoms with van der Waals surface area (Å²) in [5, 5.41) is 10.6. The molecule has 1 heterocycles. The van der Waals surface area contributed by atoms with E-state index in [2.05, 4.69) is 0 Å². The third-order valence-electron chi connectivity index (χ3n) is 2.80. The van der Waals surface area contributed by atoms with Crippen molar-refractivity contribution in [2.75, 3.05) is 0 Å². The average molecular weight is 222 g/mol. The van der Waals surface area contributed by atoms with Gasteiger partial charge in [-0.3, -0.25) is 24.6 Å². The first-order chi connectivity index (χ1) is 7.50. The first kappa shape index (κ1) is 10.5. The van der Waals surface area contributed by atoms with Crippen LogP contribution in [0.5, 0.6) is 0 Å². The third kappa shape index (κ3) is 1.52. The largest absolute Gasteiger partial charge is 0.274 e. The summed E-state index contributed by atoms with van der Waals surface area (Å²) in [5.74, 6) is -0.833. The van der Waals surface area contributed by atoms with Gasteiger partial charge in [-0.2, -0.15) is 0 Å². The molecule has 0 radical (unpaired) electrons. The number of allylic oxidation sites excluding steroid dienone is 4. The van der Waals surface area contributed by atoms with Gasteiger partial charge in [-0.25, -0.2) is 0 Å². The first-order valence-electron chi connectivity index (χ1n) is 4.89. The number of carbonyl (C=O) groups excluding carboxylic acids is 2. The summed E-state index contributed by atoms with van der Waals surface area (Å²) in [5.41, 5.74) is 0.676. The summed E-state index contributed by atoms with van der Waals surface area (Å²) in [7, 11) is 0. The SMILES string of the molecule is CC(=O)N1C(=O)CC2CC([N+](=O)[O-])=CC=C21. The molecule has 16 heavy (non-hydrogen) atoms. The molecule has 1 unspecified atom stereocenters. The highest BCUT2D eigenvalue weighted by Crippen LogP contribution is 2.36. The van der Waals surface area contributed by atoms with Crippen molar-refractivity contribution >= 4 is 11.8 Å². The van der Waals surface area contributed by atoms with Gasteiger partial charge in [0.25, 0.3) is 0 Å². The monoisotopic (exact) mass is 222 g/mol. The predicted molar refractivity (Wildman–Crippen MR) is 53.4 cm³/mol. The third-order valence-corrected chi connectivity index (χ3v) is 2.80. The molecule has 1 fully saturated rings. The van der Waals surface area contributed by atoms with Crippen molar-refractivity contribution in [3.05, 3.63) is 33.7 Å². The van der Waals surface area contributed by atoms with Crippen LogP contribution in [-0.4, -0.2) is 21.6 Å². The molecule has 2 amide bonds. The van der Waals surface area contributed by atoms with Gasteiger partial charge < -0.3 is 0 Å². The normalized spacial score (nSPS) is 23.7. The van der Waals surface area contributed by atoms with Crippen LogP contribution < -0.4 is 0 Å². The molecule has 0 saturated carbocycles. The summed E-state index contributed by atoms with van der Waals surface area (Å²) in [6.45, 7) is 1.31. The maximum Gasteiger partial charge on any atom is 0.246 e. The first-order valence-corrected chi connectivity index (χ1v) is 4.89. The maximum absolute atomic E-state index is 11.5. The van der Waals surface area contributed by atoms with E-state index in [-0.39, 0.29) is 36.3 Å². The van der Waals surface area contributed by atoms with Crippen molar-refractivity contribution in [2.45, 2.75) is 19.8 Å². The van der Waals surface area contributed by atoms with Crippen molar-refractivity contribution in [3.63, 3.8) is 0 Å². The van der Waals surface area contributed by atoms with Crippen LogP contribution in [0.15, 0.2) is 23.5 Å². The molecule has 2 aliphatic rings. The molecule has 1 saturated heterocycles. The van der Waals surface area contributed by atoms with Crippen LogP contribution in [0.2, 0.25) is 0 Å². The zero-order chi connectivity index (χ0) is 11.9. The van der Waals surface area contributed by atoms with Crippen LogP contribution in [0, 0.1) is 16.0 Å². The topological polar surface area (TPSA) is 80.5 Å². The van der Waals surface area contributed by atoms with Crippen molar-refractivity contribution < 1.29 is 14.5 Å². The molecule has 2 rings (SSSR count). The molecule has 84 valence electrons. The van der Waals surface area contributed by atoms with E-state index in [4.69, 9.17) is 0 Å². The van der Waals surface area contributed by atoms with E-state index in [9.17, 15) is 19.7 Å². The molecule has 0 aromatic carbocycles. The van der Waals surface area contributed by atoms with Crippen molar-refractivity contribution in [1.82, 2.24) is 4.90 Å². The van der Waals surface area contributed by atoms with E-state index >= 15 is 0 Å². The molecule has 1 atom stereocenters. The van der Waals surface area contributed by atoms with E-state index in [1.54, 1.807) is 0 Å². The van der Waals surface area contributed by atoms with Crippen LogP contribution in [0.1, 0.15) is 19.8 Å². The molecule has 1 aliphatic carbocycles. The molecule has 0 spiro atoms. The zero-order valence-corrected chi connectivity index (χ0v) is 8.67. The number of hydrogen-bond donors (Lipinski definition) is 0. The predicted octanol–water partition coefficient (Wildman–Crippen LogP) is 0.830. The quantitative estimate of drug-likeness (QED) is 0.486. The lowest BCUT2D eigenvalue weighted by Gasteiger charge is -2.18. The van der Waals surface area contributed by atoms with Gasteiger partial charge in [0.05, 0.1) is 4.92 Å². The average Bonchev–Trinajstić information content (AvgIpc) is 2.51. The Balaban J connectivity index is 2.33. The van der Waals surface area contributed by atoms with Crippen LogP contribution in [0.4, 0.5) is 0 Å². The van der Waals surface area contributed by atoms with Gasteiger partial charge in [0.2, 0.25) is 17.5 Å². The summed E-state index contributed by atoms with van der Waals surface area (Å²) >= 11 is 0. The number of imide groups is 1. The number of likely N-dealkylation sites (tertiary alicyclic amines) is 1. The lowest BCUT2D eigenvalue weighted by Crippen LogP contribution is -2.29. The molecular formula is C10H10N2O4. The van der Waals surface area contributed by atoms with Gasteiger partial charge >= 0.3 is 0 Å². The highest BCUT2D eigenvalue weighted by Gasteiger charge is 2.40. The molecule has 0 N–H and O–H groups in total. The van der Waals surface area contributed by atoms with Crippen molar-refractivity contribution in [1.29, 1.82) is 0 Å². The molecule has 6 nitrogen and oxygen atoms in total. The Bertz CT molecular complexity index is 450. The summed E-state index contributed by atoms with van der Waals surface area (Å²) < 4.78 is 0. The fourth-order valence-corrected chi connectivity index (χ4v) is 2.12. The second-order valence-electron chi connectivity index (χ2n) is 3.86. The number of nitro groups is 1. The maximum atomic E-state index is 11.5. The second-order valence-corrected chi connectivity index (χ2v) is 3.86. The summed E-state index contributed by atoms with van der Waals surface area (Å²) in [6.07, 6.45) is 3.25. The van der Waals surface area contributed by atoms with Gasteiger partial charge in [-0.15, -0.1) is 0 Å². The Morgan fingerprint density at radius 2 is 2.19 bits per heavy atom. The Morgan fingerprint density at radius 3 is 2.75 bits per heavy atom. The van der Waals surface area contributed by atoms with Crippen LogP contribution in [0.3, 0.4) is 0 Å². The van der Waals surface area contributed by atoms with E-state index < -0.39 is 4.92 Å². The molecule has 6 heteroatoms. The second kappa shape index (κ2) is 3.55. The standard InChI is InChI=1S/C10H10N2O4/c1-6(13)11-9-3-2-8(12(15)16)4-7(9)5-10(11)14/h2-3,7H,4-5H2,1H3. The Morgan fingerprint density at radius 1 is 1.50 bits per heavy atom. The number of rotatable bonds is 1. The Labute approximate surface area is 91.4 Å². The van der Waals surface area contributed by atoms with Gasteiger partial charge in [-0.05, 0) is 6.08 Å². The zero-order valence-electron chi connectivity index (χ0n) is 8.67. The Kier molecular flexibility index (Phi) is 2.34. The smallest absolute Gasteiger partial charge is 0.246 e. The van der Waals surface area contributed by atoms with E-state index in [0.717, 1.165) is 4.90 Å². The lowest BCUT2D eigenvalue weighted by atomic mass is 9.95. The summed E-state index contributed by atoms with van der Waals surface area (Å²) in [4.78, 5) is 34.0. The molecule has 0 bridgehead atoms. The van der Waals surface area contributed by atoms with Crippen LogP contribution in [0.25, 0.3) is 0 Å². The number of nitrogens with zero attached hydrogens (tertiary/aromatic N) is 2. The van der Waals surface area contributed by atoms with E-state index in [1.807, 2.05) is 0 Å². The fraction of sp³-hybridized carbons (Fsp3) is 0.400. The van der Waals surface area contributed by atoms with Crippen molar-refractivity contribution in [2.24, 2.45) is 5.92 Å². The molecular weight excluding hydrogens is 212 g/mol. The minimum absolute atomic E-state index is 0.0898. The highest BCUT2D eigenvalue weighted by molar-refractivity contribution is 5.99. The number of amides is 2. The van der Waals surface area contributed by atoms with Crippen molar-refractivity contribution in [3.8, 4) is 0 Å². The molecule has 0 aromatic heterocycles. The van der Waals surface area contributed by atoms with Gasteiger partial charge in [0.1, 0.15) is 0 Å². The highest BCUT2D eigenvalue weighted by atomic mass is 16.6. The van der Waals surface area contributed by atoms with E-state index in [0.29, 0.717) is 5.70 Å². The molecule has 1 aliphatic heterocycles. The minimum atomic E-state index is -0.450. The lowest BCUT2D eigenvalue weighted by molar-refractivity contribution is -0.429. The minimum Gasteiger partial charge on any atom is -0.274 e. The van der Waals surface area contributed by atoms with Crippen LogP contribution >= 0.6 is 0 Å². The number of carbonyl (C=O) groups is 2. The summed E-state index contributed by atoms with van der Waals surface area (Å²) in [6, 6.07) is 0. The van der Waals surface area contributed by atoms with Gasteiger partial charge in [0.15, 0.2) is 0 Å². The Hall–Kier alpha value is -1.98. The van der Waals surface area contributed by atoms with Gasteiger partial charge in [-0.1, -0.05) is 0 Å². The van der Waals surface area contributed by atoms with Gasteiger partial charge in [0, 0.05) is 37.5 Å².